The van der Waals surface area contributed by atoms with E-state index >= 15 is 0 Å². The summed E-state index contributed by atoms with van der Waals surface area (Å²) in [5, 5.41) is 0. The van der Waals surface area contributed by atoms with Crippen molar-refractivity contribution < 1.29 is 24.0 Å². The molecule has 0 bridgehead atoms. The molecule has 80 valence electrons. The Bertz CT molecular complexity index is 78.6. The van der Waals surface area contributed by atoms with Crippen LogP contribution in [0.2, 0.25) is 0 Å². The van der Waals surface area contributed by atoms with Crippen molar-refractivity contribution in [3.8, 4) is 0 Å². The maximum atomic E-state index is 5.12. The molecule has 0 aliphatic rings. The second-order valence-corrected chi connectivity index (χ2v) is 2.24. The lowest BCUT2D eigenvalue weighted by atomic mass is 10.7. The zero-order valence-electron chi connectivity index (χ0n) is 8.28. The van der Waals surface area contributed by atoms with E-state index in [1.54, 1.807) is 14.2 Å². The molecule has 0 aliphatic heterocycles. The Kier molecular flexibility index (Phi) is 11.6. The lowest BCUT2D eigenvalue weighted by Crippen LogP contribution is -2.10. The summed E-state index contributed by atoms with van der Waals surface area (Å²) in [5.41, 5.74) is 0. The lowest BCUT2D eigenvalue weighted by molar-refractivity contribution is -0.302. The first-order valence-electron chi connectivity index (χ1n) is 4.22. The van der Waals surface area contributed by atoms with Crippen molar-refractivity contribution in [2.24, 2.45) is 0 Å². The van der Waals surface area contributed by atoms with Crippen LogP contribution in [0.25, 0.3) is 0 Å². The van der Waals surface area contributed by atoms with E-state index in [2.05, 4.69) is 0 Å². The second kappa shape index (κ2) is 11.8. The summed E-state index contributed by atoms with van der Waals surface area (Å²) >= 11 is 0. The van der Waals surface area contributed by atoms with Gasteiger partial charge in [0.15, 0.2) is 0 Å². The van der Waals surface area contributed by atoms with Gasteiger partial charge in [-0.1, -0.05) is 0 Å². The van der Waals surface area contributed by atoms with Gasteiger partial charge in [0.25, 0.3) is 0 Å². The zero-order valence-corrected chi connectivity index (χ0v) is 8.28. The maximum Gasteiger partial charge on any atom is 0.106 e. The van der Waals surface area contributed by atoms with Gasteiger partial charge >= 0.3 is 0 Å². The van der Waals surface area contributed by atoms with Crippen LogP contribution in [0.1, 0.15) is 0 Å². The van der Waals surface area contributed by atoms with Crippen LogP contribution in [0.4, 0.5) is 0 Å². The van der Waals surface area contributed by atoms with Crippen LogP contribution in [0.3, 0.4) is 0 Å². The highest BCUT2D eigenvalue weighted by Gasteiger charge is 1.90. The summed E-state index contributed by atoms with van der Waals surface area (Å²) in [6.45, 7) is 3.09. The van der Waals surface area contributed by atoms with Crippen molar-refractivity contribution in [1.29, 1.82) is 0 Å². The van der Waals surface area contributed by atoms with Gasteiger partial charge in [-0.05, 0) is 0 Å². The van der Waals surface area contributed by atoms with E-state index < -0.39 is 0 Å². The third-order valence-electron chi connectivity index (χ3n) is 1.20. The number of rotatable bonds is 10. The van der Waals surface area contributed by atoms with Crippen LogP contribution in [0, 0.1) is 0 Å². The van der Waals surface area contributed by atoms with Crippen LogP contribution in [0.15, 0.2) is 0 Å². The molecule has 0 aromatic heterocycles. The van der Waals surface area contributed by atoms with Gasteiger partial charge in [-0.25, -0.2) is 9.78 Å². The lowest BCUT2D eigenvalue weighted by Gasteiger charge is -2.04. The minimum Gasteiger partial charge on any atom is -0.382 e. The van der Waals surface area contributed by atoms with E-state index in [4.69, 9.17) is 24.0 Å². The van der Waals surface area contributed by atoms with Crippen LogP contribution >= 0.6 is 0 Å². The number of methoxy groups -OCH3 is 2. The molecular weight excluding hydrogens is 176 g/mol. The summed E-state index contributed by atoms with van der Waals surface area (Å²) in [6, 6.07) is 0. The molecule has 0 aromatic rings. The fourth-order valence-corrected chi connectivity index (χ4v) is 0.572. The first-order valence-corrected chi connectivity index (χ1v) is 4.22. The number of ether oxygens (including phenoxy) is 3. The van der Waals surface area contributed by atoms with Gasteiger partial charge in [-0.3, -0.25) is 0 Å². The van der Waals surface area contributed by atoms with E-state index in [1.165, 1.54) is 0 Å². The van der Waals surface area contributed by atoms with Gasteiger partial charge in [0.05, 0.1) is 26.4 Å². The largest absolute Gasteiger partial charge is 0.382 e. The predicted molar refractivity (Wildman–Crippen MR) is 46.5 cm³/mol. The van der Waals surface area contributed by atoms with Crippen LogP contribution in [-0.4, -0.2) is 53.9 Å². The van der Waals surface area contributed by atoms with Gasteiger partial charge in [0.1, 0.15) is 13.2 Å². The molecule has 0 heterocycles. The highest BCUT2D eigenvalue weighted by Crippen LogP contribution is 1.81. The van der Waals surface area contributed by atoms with Crippen molar-refractivity contribution in [2.75, 3.05) is 53.9 Å². The minimum absolute atomic E-state index is 0.424. The molecule has 13 heavy (non-hydrogen) atoms. The third kappa shape index (κ3) is 11.8. The maximum absolute atomic E-state index is 5.12. The molecule has 0 fully saturated rings. The van der Waals surface area contributed by atoms with E-state index in [9.17, 15) is 0 Å². The van der Waals surface area contributed by atoms with Crippen molar-refractivity contribution >= 4 is 0 Å². The molecule has 5 nitrogen and oxygen atoms in total. The number of hydrogen-bond acceptors (Lipinski definition) is 5. The van der Waals surface area contributed by atoms with Gasteiger partial charge in [-0.2, -0.15) is 0 Å². The average Bonchev–Trinajstić information content (AvgIpc) is 2.16. The normalized spacial score (nSPS) is 10.6. The average molecular weight is 194 g/mol. The monoisotopic (exact) mass is 194 g/mol. The first-order chi connectivity index (χ1) is 6.41. The van der Waals surface area contributed by atoms with E-state index in [-0.39, 0.29) is 0 Å². The Morgan fingerprint density at radius 1 is 0.615 bits per heavy atom. The second-order valence-electron chi connectivity index (χ2n) is 2.24. The predicted octanol–water partition coefficient (Wildman–Crippen LogP) is 0.244. The van der Waals surface area contributed by atoms with E-state index in [0.717, 1.165) is 0 Å². The first kappa shape index (κ1) is 12.8. The fraction of sp³-hybridized carbons (Fsp3) is 1.00. The van der Waals surface area contributed by atoms with E-state index in [0.29, 0.717) is 39.6 Å². The van der Waals surface area contributed by atoms with E-state index in [1.807, 2.05) is 0 Å². The topological polar surface area (TPSA) is 46.2 Å². The van der Waals surface area contributed by atoms with Crippen LogP contribution in [0.5, 0.6) is 0 Å². The molecule has 0 radical (unpaired) electrons. The van der Waals surface area contributed by atoms with Crippen LogP contribution < -0.4 is 0 Å². The Labute approximate surface area is 78.8 Å². The smallest absolute Gasteiger partial charge is 0.106 e. The molecule has 0 aromatic carbocycles. The molecule has 0 saturated carbocycles. The van der Waals surface area contributed by atoms with Crippen molar-refractivity contribution in [1.82, 2.24) is 0 Å². The highest BCUT2D eigenvalue weighted by molar-refractivity contribution is 4.28. The molecule has 0 amide bonds. The number of hydrogen-bond donors (Lipinski definition) is 0. The summed E-state index contributed by atoms with van der Waals surface area (Å²) in [6.07, 6.45) is 0. The Morgan fingerprint density at radius 3 is 1.69 bits per heavy atom. The molecule has 0 rings (SSSR count). The van der Waals surface area contributed by atoms with Gasteiger partial charge in [-0.15, -0.1) is 0 Å². The third-order valence-corrected chi connectivity index (χ3v) is 1.20. The zero-order chi connectivity index (χ0) is 9.78. The minimum atomic E-state index is 0.424. The summed E-state index contributed by atoms with van der Waals surface area (Å²) in [4.78, 5) is 9.51. The SMILES string of the molecule is COCCOCCOOCCOC. The summed E-state index contributed by atoms with van der Waals surface area (Å²) < 4.78 is 14.7. The van der Waals surface area contributed by atoms with Gasteiger partial charge in [0, 0.05) is 14.2 Å². The molecule has 0 unspecified atom stereocenters. The molecule has 0 saturated heterocycles. The quantitative estimate of drug-likeness (QED) is 0.283. The fourth-order valence-electron chi connectivity index (χ4n) is 0.572. The Morgan fingerprint density at radius 2 is 1.08 bits per heavy atom. The van der Waals surface area contributed by atoms with Crippen molar-refractivity contribution in [3.63, 3.8) is 0 Å². The summed E-state index contributed by atoms with van der Waals surface area (Å²) in [5.74, 6) is 0. The van der Waals surface area contributed by atoms with Gasteiger partial charge in [0.2, 0.25) is 0 Å². The molecule has 5 heteroatoms. The Hall–Kier alpha value is -0.200. The summed E-state index contributed by atoms with van der Waals surface area (Å²) in [7, 11) is 3.24. The molecule has 0 N–H and O–H groups in total. The van der Waals surface area contributed by atoms with Crippen molar-refractivity contribution in [3.05, 3.63) is 0 Å². The molecule has 0 spiro atoms. The Balaban J connectivity index is 2.76. The molecule has 0 atom stereocenters. The van der Waals surface area contributed by atoms with Crippen molar-refractivity contribution in [2.45, 2.75) is 0 Å². The van der Waals surface area contributed by atoms with Gasteiger partial charge < -0.3 is 14.2 Å². The highest BCUT2D eigenvalue weighted by atomic mass is 17.2. The van der Waals surface area contributed by atoms with Crippen LogP contribution in [-0.2, 0) is 24.0 Å². The molecule has 0 aliphatic carbocycles. The molecular formula is C8H18O5. The standard InChI is InChI=1S/C8H18O5/c1-9-3-5-11-6-8-13-12-7-4-10-2/h3-8H2,1-2H3.